The molecular formula is C12H8ClFN2O. The smallest absolute Gasteiger partial charge is 0.256 e. The summed E-state index contributed by atoms with van der Waals surface area (Å²) in [7, 11) is 0. The topological polar surface area (TPSA) is 42.0 Å². The van der Waals surface area contributed by atoms with Crippen LogP contribution in [-0.2, 0) is 0 Å². The highest BCUT2D eigenvalue weighted by Gasteiger charge is 2.06. The van der Waals surface area contributed by atoms with Crippen LogP contribution in [0.1, 0.15) is 10.4 Å². The van der Waals surface area contributed by atoms with E-state index in [0.717, 1.165) is 6.20 Å². The Morgan fingerprint density at radius 1 is 1.29 bits per heavy atom. The molecule has 0 saturated heterocycles. The molecule has 0 aliphatic rings. The molecule has 0 radical (unpaired) electrons. The molecule has 86 valence electrons. The van der Waals surface area contributed by atoms with E-state index in [2.05, 4.69) is 10.3 Å². The average molecular weight is 251 g/mol. The minimum Gasteiger partial charge on any atom is -0.307 e. The minimum absolute atomic E-state index is 0.288. The van der Waals surface area contributed by atoms with Gasteiger partial charge in [0.25, 0.3) is 5.91 Å². The number of rotatable bonds is 2. The van der Waals surface area contributed by atoms with Crippen LogP contribution in [0.5, 0.6) is 0 Å². The number of pyridine rings is 1. The number of hydrogen-bond donors (Lipinski definition) is 1. The van der Waals surface area contributed by atoms with Crippen LogP contribution in [0.2, 0.25) is 5.02 Å². The third-order valence-corrected chi connectivity index (χ3v) is 2.29. The summed E-state index contributed by atoms with van der Waals surface area (Å²) in [5.41, 5.74) is 0.420. The van der Waals surface area contributed by atoms with Gasteiger partial charge in [0, 0.05) is 10.6 Å². The van der Waals surface area contributed by atoms with Crippen LogP contribution in [0.15, 0.2) is 42.6 Å². The van der Waals surface area contributed by atoms with Gasteiger partial charge in [-0.25, -0.2) is 9.37 Å². The van der Waals surface area contributed by atoms with E-state index in [1.807, 2.05) is 0 Å². The summed E-state index contributed by atoms with van der Waals surface area (Å²) in [6.07, 6.45) is 1.04. The van der Waals surface area contributed by atoms with Gasteiger partial charge in [-0.3, -0.25) is 4.79 Å². The Balaban J connectivity index is 2.14. The first kappa shape index (κ1) is 11.5. The van der Waals surface area contributed by atoms with Gasteiger partial charge in [-0.05, 0) is 30.3 Å². The van der Waals surface area contributed by atoms with Crippen LogP contribution in [0, 0.1) is 5.82 Å². The maximum Gasteiger partial charge on any atom is 0.256 e. The summed E-state index contributed by atoms with van der Waals surface area (Å²) in [6.45, 7) is 0. The number of anilines is 1. The summed E-state index contributed by atoms with van der Waals surface area (Å²) in [6, 6.07) is 9.13. The predicted molar refractivity (Wildman–Crippen MR) is 63.6 cm³/mol. The third-order valence-electron chi connectivity index (χ3n) is 2.06. The SMILES string of the molecule is O=C(Nc1ccc(F)cn1)c1cccc(Cl)c1. The number of benzene rings is 1. The van der Waals surface area contributed by atoms with Crippen LogP contribution < -0.4 is 5.32 Å². The standard InChI is InChI=1S/C12H8ClFN2O/c13-9-3-1-2-8(6-9)12(17)16-11-5-4-10(14)7-15-11/h1-7H,(H,15,16,17). The second-order valence-electron chi connectivity index (χ2n) is 3.33. The lowest BCUT2D eigenvalue weighted by atomic mass is 10.2. The zero-order valence-electron chi connectivity index (χ0n) is 8.65. The maximum atomic E-state index is 12.6. The van der Waals surface area contributed by atoms with E-state index in [1.165, 1.54) is 12.1 Å². The molecular weight excluding hydrogens is 243 g/mol. The van der Waals surface area contributed by atoms with Gasteiger partial charge in [0.05, 0.1) is 6.20 Å². The van der Waals surface area contributed by atoms with Crippen molar-refractivity contribution in [2.45, 2.75) is 0 Å². The van der Waals surface area contributed by atoms with Gasteiger partial charge < -0.3 is 5.32 Å². The van der Waals surface area contributed by atoms with Gasteiger partial charge >= 0.3 is 0 Å². The molecule has 0 fully saturated rings. The molecule has 1 N–H and O–H groups in total. The lowest BCUT2D eigenvalue weighted by Gasteiger charge is -2.04. The number of nitrogens with zero attached hydrogens (tertiary/aromatic N) is 1. The summed E-state index contributed by atoms with van der Waals surface area (Å²) < 4.78 is 12.6. The number of nitrogens with one attached hydrogen (secondary N) is 1. The Kier molecular flexibility index (Phi) is 3.35. The molecule has 17 heavy (non-hydrogen) atoms. The molecule has 1 heterocycles. The minimum atomic E-state index is -0.453. The molecule has 3 nitrogen and oxygen atoms in total. The quantitative estimate of drug-likeness (QED) is 0.890. The van der Waals surface area contributed by atoms with Crippen molar-refractivity contribution in [3.05, 3.63) is 59.0 Å². The predicted octanol–water partition coefficient (Wildman–Crippen LogP) is 3.13. The second kappa shape index (κ2) is 4.93. The lowest BCUT2D eigenvalue weighted by Crippen LogP contribution is -2.12. The van der Waals surface area contributed by atoms with Crippen LogP contribution in [-0.4, -0.2) is 10.9 Å². The Morgan fingerprint density at radius 3 is 2.76 bits per heavy atom. The number of halogens is 2. The van der Waals surface area contributed by atoms with Crippen LogP contribution in [0.25, 0.3) is 0 Å². The molecule has 0 saturated carbocycles. The first-order chi connectivity index (χ1) is 8.15. The van der Waals surface area contributed by atoms with E-state index in [-0.39, 0.29) is 11.7 Å². The second-order valence-corrected chi connectivity index (χ2v) is 3.76. The lowest BCUT2D eigenvalue weighted by molar-refractivity contribution is 0.102. The molecule has 2 rings (SSSR count). The first-order valence-electron chi connectivity index (χ1n) is 4.83. The van der Waals surface area contributed by atoms with Gasteiger partial charge in [0.15, 0.2) is 0 Å². The first-order valence-corrected chi connectivity index (χ1v) is 5.21. The van der Waals surface area contributed by atoms with Gasteiger partial charge in [-0.2, -0.15) is 0 Å². The van der Waals surface area contributed by atoms with Crippen molar-refractivity contribution in [2.75, 3.05) is 5.32 Å². The van der Waals surface area contributed by atoms with Crippen molar-refractivity contribution in [1.29, 1.82) is 0 Å². The Hall–Kier alpha value is -1.94. The molecule has 0 aliphatic carbocycles. The number of carbonyl (C=O) groups excluding carboxylic acids is 1. The molecule has 0 aliphatic heterocycles. The van der Waals surface area contributed by atoms with Crippen LogP contribution in [0.4, 0.5) is 10.2 Å². The molecule has 1 aromatic carbocycles. The molecule has 5 heteroatoms. The normalized spacial score (nSPS) is 10.0. The molecule has 0 spiro atoms. The number of hydrogen-bond acceptors (Lipinski definition) is 2. The highest BCUT2D eigenvalue weighted by molar-refractivity contribution is 6.31. The fourth-order valence-electron chi connectivity index (χ4n) is 1.27. The van der Waals surface area contributed by atoms with Crippen molar-refractivity contribution >= 4 is 23.3 Å². The van der Waals surface area contributed by atoms with Gasteiger partial charge in [-0.1, -0.05) is 17.7 Å². The Labute approximate surface area is 102 Å². The summed E-state index contributed by atoms with van der Waals surface area (Å²) in [5.74, 6) is -0.506. The van der Waals surface area contributed by atoms with E-state index < -0.39 is 5.82 Å². The fourth-order valence-corrected chi connectivity index (χ4v) is 1.46. The Morgan fingerprint density at radius 2 is 2.12 bits per heavy atom. The van der Waals surface area contributed by atoms with Crippen molar-refractivity contribution in [2.24, 2.45) is 0 Å². The number of carbonyl (C=O) groups is 1. The van der Waals surface area contributed by atoms with E-state index in [0.29, 0.717) is 10.6 Å². The zero-order chi connectivity index (χ0) is 12.3. The third kappa shape index (κ3) is 3.01. The van der Waals surface area contributed by atoms with Crippen molar-refractivity contribution in [1.82, 2.24) is 4.98 Å². The van der Waals surface area contributed by atoms with E-state index in [1.54, 1.807) is 24.3 Å². The van der Waals surface area contributed by atoms with Gasteiger partial charge in [-0.15, -0.1) is 0 Å². The van der Waals surface area contributed by atoms with Crippen LogP contribution in [0.3, 0.4) is 0 Å². The summed E-state index contributed by atoms with van der Waals surface area (Å²) in [4.78, 5) is 15.5. The van der Waals surface area contributed by atoms with Crippen LogP contribution >= 0.6 is 11.6 Å². The largest absolute Gasteiger partial charge is 0.307 e. The van der Waals surface area contributed by atoms with Crippen molar-refractivity contribution in [3.63, 3.8) is 0 Å². The molecule has 0 atom stereocenters. The van der Waals surface area contributed by atoms with Crippen molar-refractivity contribution in [3.8, 4) is 0 Å². The molecule has 1 aromatic heterocycles. The van der Waals surface area contributed by atoms with Gasteiger partial charge in [0.1, 0.15) is 11.6 Å². The zero-order valence-corrected chi connectivity index (χ0v) is 9.41. The van der Waals surface area contributed by atoms with Gasteiger partial charge in [0.2, 0.25) is 0 Å². The fraction of sp³-hybridized carbons (Fsp3) is 0. The molecule has 2 aromatic rings. The average Bonchev–Trinajstić information content (AvgIpc) is 2.32. The molecule has 1 amide bonds. The number of aromatic nitrogens is 1. The molecule has 0 bridgehead atoms. The van der Waals surface area contributed by atoms with E-state index in [9.17, 15) is 9.18 Å². The van der Waals surface area contributed by atoms with E-state index >= 15 is 0 Å². The summed E-state index contributed by atoms with van der Waals surface area (Å²) in [5, 5.41) is 3.01. The molecule has 0 unspecified atom stereocenters. The summed E-state index contributed by atoms with van der Waals surface area (Å²) >= 11 is 5.77. The number of amides is 1. The van der Waals surface area contributed by atoms with E-state index in [4.69, 9.17) is 11.6 Å². The highest BCUT2D eigenvalue weighted by atomic mass is 35.5. The van der Waals surface area contributed by atoms with Crippen molar-refractivity contribution < 1.29 is 9.18 Å². The highest BCUT2D eigenvalue weighted by Crippen LogP contribution is 2.12. The monoisotopic (exact) mass is 250 g/mol. The Bertz CT molecular complexity index is 542. The maximum absolute atomic E-state index is 12.6.